The number of benzene rings is 11. The van der Waals surface area contributed by atoms with Crippen molar-refractivity contribution in [1.82, 2.24) is 9.55 Å². The first-order valence-corrected chi connectivity index (χ1v) is 27.3. The first-order valence-electron chi connectivity index (χ1n) is 27.3. The molecule has 6 nitrogen and oxygen atoms in total. The van der Waals surface area contributed by atoms with Crippen LogP contribution in [0, 0.1) is 18.8 Å². The van der Waals surface area contributed by atoms with Gasteiger partial charge in [0.1, 0.15) is 5.82 Å². The van der Waals surface area contributed by atoms with Crippen molar-refractivity contribution in [3.8, 4) is 84.1 Å². The van der Waals surface area contributed by atoms with Crippen molar-refractivity contribution in [1.29, 1.82) is 0 Å². The van der Waals surface area contributed by atoms with Crippen LogP contribution in [0.25, 0.3) is 94.4 Å². The molecule has 0 unspecified atom stereocenters. The smallest absolute Gasteiger partial charge is 0.359 e. The number of hydrogen-bond acceptors (Lipinski definition) is 5. The average Bonchev–Trinajstić information content (AvgIpc) is 3.41. The summed E-state index contributed by atoms with van der Waals surface area (Å²) in [6.45, 7) is 1.71. The maximum atomic E-state index is 7.20. The molecule has 82 heavy (non-hydrogen) atoms. The van der Waals surface area contributed by atoms with E-state index in [9.17, 15) is 0 Å². The van der Waals surface area contributed by atoms with E-state index in [1.54, 1.807) is 0 Å². The second-order valence-corrected chi connectivity index (χ2v) is 20.4. The molecule has 11 aromatic carbocycles. The van der Waals surface area contributed by atoms with Gasteiger partial charge in [0.15, 0.2) is 5.88 Å². The molecule has 8 heteroatoms. The van der Waals surface area contributed by atoms with Gasteiger partial charge in [-0.15, -0.1) is 41.8 Å². The monoisotopic (exact) mass is 1230 g/mol. The largest absolute Gasteiger partial charge is 0.553 e. The minimum Gasteiger partial charge on any atom is -0.553 e. The van der Waals surface area contributed by atoms with E-state index in [0.717, 1.165) is 117 Å². The van der Waals surface area contributed by atoms with Crippen LogP contribution in [-0.2, 0) is 25.7 Å². The molecule has 2 aliphatic heterocycles. The molecule has 0 bridgehead atoms. The van der Waals surface area contributed by atoms with Crippen molar-refractivity contribution in [2.75, 3.05) is 9.80 Å². The third kappa shape index (κ3) is 9.35. The van der Waals surface area contributed by atoms with Gasteiger partial charge in [-0.3, -0.25) is 0 Å². The molecular formula is C74H48BN4O2Pt-3. The van der Waals surface area contributed by atoms with Gasteiger partial charge in [0, 0.05) is 67.3 Å². The summed E-state index contributed by atoms with van der Waals surface area (Å²) >= 11 is 0. The summed E-state index contributed by atoms with van der Waals surface area (Å²) in [6, 6.07) is 104. The Kier molecular flexibility index (Phi) is 13.3. The summed E-state index contributed by atoms with van der Waals surface area (Å²) in [7, 11) is 0. The number of para-hydroxylation sites is 2. The van der Waals surface area contributed by atoms with E-state index in [-0.39, 0.29) is 21.1 Å². The molecule has 15 rings (SSSR count). The molecular weight excluding hydrogens is 1180 g/mol. The van der Waals surface area contributed by atoms with Crippen molar-refractivity contribution in [2.45, 2.75) is 0 Å². The molecule has 0 aliphatic carbocycles. The van der Waals surface area contributed by atoms with Gasteiger partial charge >= 0.3 is 6.92 Å². The number of ether oxygens (including phenoxy) is 1. The zero-order valence-electron chi connectivity index (χ0n) is 44.2. The minimum atomic E-state index is -0.430. The van der Waals surface area contributed by atoms with E-state index in [4.69, 9.17) is 14.4 Å². The normalized spacial score (nSPS) is 12.6. The van der Waals surface area contributed by atoms with Crippen LogP contribution >= 0.6 is 0 Å². The van der Waals surface area contributed by atoms with Crippen LogP contribution in [0.5, 0.6) is 11.5 Å². The molecule has 2 aliphatic rings. The molecule has 0 radical (unpaired) electrons. The van der Waals surface area contributed by atoms with E-state index < -0.39 is 6.92 Å². The van der Waals surface area contributed by atoms with E-state index >= 15 is 0 Å². The van der Waals surface area contributed by atoms with E-state index in [2.05, 4.69) is 276 Å². The Balaban J connectivity index is 0.00000602. The molecule has 0 atom stereocenters. The Morgan fingerprint density at radius 1 is 0.439 bits per heavy atom. The summed E-state index contributed by atoms with van der Waals surface area (Å²) in [5.74, 6) is 2.57. The Bertz CT molecular complexity index is 4240. The summed E-state index contributed by atoms with van der Waals surface area (Å²) < 4.78 is 16.2. The zero-order valence-corrected chi connectivity index (χ0v) is 46.5. The fourth-order valence-electron chi connectivity index (χ4n) is 11.6. The summed E-state index contributed by atoms with van der Waals surface area (Å²) in [4.78, 5) is 9.10. The topological polar surface area (TPSA) is 42.8 Å². The Morgan fingerprint density at radius 2 is 0.939 bits per heavy atom. The molecule has 0 fully saturated rings. The van der Waals surface area contributed by atoms with Crippen molar-refractivity contribution >= 4 is 51.0 Å². The standard InChI is InChI=1S/C74H48BN4O2.Pt/c1-6-21-51(22-7-1)55-41-56(52-23-8-2-9-24-52)44-59(43-55)64-32-20-33-65(60-45-57(53-25-10-3-11-26-53)42-58(46-60)54-27-12-4-13-28-54)74(64)77-49-73-78(50-77)71-48-63(37-39-68(71)75(81-73)61-29-14-5-15-30-61)80-62-36-38-67-66-31-16-17-34-69(66)79(70(67)47-62)72-35-18-19-40-76-72;/h1-46,49-50H;/q-3;. The summed E-state index contributed by atoms with van der Waals surface area (Å²) in [6.07, 6.45) is 3.94. The number of hydrogen-bond donors (Lipinski definition) is 0. The van der Waals surface area contributed by atoms with Crippen LogP contribution in [-0.4, -0.2) is 16.5 Å². The molecule has 0 N–H and O–H groups in total. The summed E-state index contributed by atoms with van der Waals surface area (Å²) in [5, 5.41) is 2.18. The van der Waals surface area contributed by atoms with Crippen LogP contribution in [0.15, 0.2) is 291 Å². The molecule has 0 saturated carbocycles. The predicted molar refractivity (Wildman–Crippen MR) is 332 cm³/mol. The van der Waals surface area contributed by atoms with Gasteiger partial charge in [-0.1, -0.05) is 205 Å². The van der Waals surface area contributed by atoms with Gasteiger partial charge in [0.25, 0.3) is 0 Å². The first-order chi connectivity index (χ1) is 40.1. The van der Waals surface area contributed by atoms with Crippen LogP contribution < -0.4 is 25.5 Å². The van der Waals surface area contributed by atoms with E-state index in [0.29, 0.717) is 17.4 Å². The van der Waals surface area contributed by atoms with Crippen LogP contribution in [0.4, 0.5) is 11.4 Å². The van der Waals surface area contributed by atoms with Crippen molar-refractivity contribution in [3.63, 3.8) is 0 Å². The molecule has 2 aromatic heterocycles. The number of aromatic nitrogens is 2. The summed E-state index contributed by atoms with van der Waals surface area (Å²) in [5.41, 5.74) is 19.0. The fraction of sp³-hybridized carbons (Fsp3) is 0. The third-order valence-corrected chi connectivity index (χ3v) is 15.4. The number of anilines is 2. The second kappa shape index (κ2) is 21.6. The van der Waals surface area contributed by atoms with Gasteiger partial charge in [-0.2, -0.15) is 12.1 Å². The Hall–Kier alpha value is -9.94. The van der Waals surface area contributed by atoms with Gasteiger partial charge in [-0.05, 0) is 121 Å². The Morgan fingerprint density at radius 3 is 1.50 bits per heavy atom. The number of fused-ring (bicyclic) bond motifs is 6. The predicted octanol–water partition coefficient (Wildman–Crippen LogP) is 17.0. The Labute approximate surface area is 491 Å². The zero-order chi connectivity index (χ0) is 53.6. The third-order valence-electron chi connectivity index (χ3n) is 15.4. The van der Waals surface area contributed by atoms with Gasteiger partial charge in [0.2, 0.25) is 0 Å². The quantitative estimate of drug-likeness (QED) is 0.0954. The number of pyridine rings is 1. The molecule has 0 saturated heterocycles. The van der Waals surface area contributed by atoms with Gasteiger partial charge < -0.3 is 23.8 Å². The maximum Gasteiger partial charge on any atom is 0.359 e. The van der Waals surface area contributed by atoms with Crippen LogP contribution in [0.1, 0.15) is 0 Å². The number of rotatable bonds is 11. The van der Waals surface area contributed by atoms with Crippen molar-refractivity contribution < 1.29 is 30.5 Å². The van der Waals surface area contributed by atoms with Crippen molar-refractivity contribution in [3.05, 3.63) is 310 Å². The SMILES string of the molecule is [Pt].[c-]1c(Oc2[c-]c3c(cc2)c2ccccc2n3-c2ccccn2)ccc2c1N1[CH-]N(c3c(-c4cc(-c5ccccc5)cc(-c5ccccc5)c4)cccc3-c3cc(-c4ccccc4)cc(-c4ccccc4)c3)C=C1OB2c1ccccc1. The molecule has 0 amide bonds. The fourth-order valence-corrected chi connectivity index (χ4v) is 11.6. The van der Waals surface area contributed by atoms with Gasteiger partial charge in [0.05, 0.1) is 0 Å². The van der Waals surface area contributed by atoms with Crippen molar-refractivity contribution in [2.24, 2.45) is 0 Å². The maximum absolute atomic E-state index is 7.20. The molecule has 13 aromatic rings. The molecule has 392 valence electrons. The molecule has 0 spiro atoms. The minimum absolute atomic E-state index is 0. The first kappa shape index (κ1) is 50.3. The van der Waals surface area contributed by atoms with E-state index in [1.165, 1.54) is 0 Å². The average molecular weight is 1230 g/mol. The van der Waals surface area contributed by atoms with Crippen LogP contribution in [0.2, 0.25) is 0 Å². The second-order valence-electron chi connectivity index (χ2n) is 20.4. The van der Waals surface area contributed by atoms with Crippen LogP contribution in [0.3, 0.4) is 0 Å². The molecule has 4 heterocycles. The number of nitrogens with zero attached hydrogens (tertiary/aromatic N) is 4. The van der Waals surface area contributed by atoms with E-state index in [1.807, 2.05) is 42.6 Å². The van der Waals surface area contributed by atoms with Gasteiger partial charge in [-0.25, -0.2) is 4.98 Å².